The third-order valence-electron chi connectivity index (χ3n) is 6.56. The van der Waals surface area contributed by atoms with E-state index in [9.17, 15) is 9.59 Å². The molecule has 1 aromatic carbocycles. The van der Waals surface area contributed by atoms with Gasteiger partial charge in [0.1, 0.15) is 12.1 Å². The molecule has 1 saturated carbocycles. The highest BCUT2D eigenvalue weighted by Crippen LogP contribution is 2.55. The second-order valence-electron chi connectivity index (χ2n) is 8.15. The van der Waals surface area contributed by atoms with Crippen molar-refractivity contribution in [2.45, 2.75) is 37.8 Å². The molecular formula is C20H22FN5O3. The first kappa shape index (κ1) is 18.3. The fraction of sp³-hybridized carbons (Fsp3) is 0.450. The predicted molar refractivity (Wildman–Crippen MR) is 104 cm³/mol. The Morgan fingerprint density at radius 1 is 1.38 bits per heavy atom. The van der Waals surface area contributed by atoms with Gasteiger partial charge in [0.05, 0.1) is 22.6 Å². The zero-order valence-electron chi connectivity index (χ0n) is 16.0. The Hall–Kier alpha value is -2.78. The van der Waals surface area contributed by atoms with E-state index in [1.54, 1.807) is 13.2 Å². The van der Waals surface area contributed by atoms with Gasteiger partial charge in [0.2, 0.25) is 0 Å². The summed E-state index contributed by atoms with van der Waals surface area (Å²) in [6.07, 6.45) is 5.49. The predicted octanol–water partition coefficient (Wildman–Crippen LogP) is 1.66. The van der Waals surface area contributed by atoms with Gasteiger partial charge in [-0.1, -0.05) is 0 Å². The van der Waals surface area contributed by atoms with Gasteiger partial charge in [-0.15, -0.1) is 0 Å². The lowest BCUT2D eigenvalue weighted by atomic mass is 9.94. The highest BCUT2D eigenvalue weighted by atomic mass is 19.1. The highest BCUT2D eigenvalue weighted by molar-refractivity contribution is 5.82. The van der Waals surface area contributed by atoms with Crippen molar-refractivity contribution in [1.29, 1.82) is 0 Å². The first-order chi connectivity index (χ1) is 13.9. The maximum Gasteiger partial charge on any atom is 0.326 e. The van der Waals surface area contributed by atoms with Gasteiger partial charge in [-0.25, -0.2) is 14.2 Å². The molecule has 0 bridgehead atoms. The summed E-state index contributed by atoms with van der Waals surface area (Å²) in [5.74, 6) is -0.210. The first-order valence-electron chi connectivity index (χ1n) is 9.75. The minimum absolute atomic E-state index is 0.159. The van der Waals surface area contributed by atoms with Crippen LogP contribution in [-0.4, -0.2) is 32.9 Å². The number of aromatic amines is 2. The zero-order valence-corrected chi connectivity index (χ0v) is 16.0. The lowest BCUT2D eigenvalue weighted by Gasteiger charge is -2.31. The molecule has 3 aromatic rings. The van der Waals surface area contributed by atoms with Gasteiger partial charge in [0, 0.05) is 17.6 Å². The molecule has 2 aliphatic rings. The van der Waals surface area contributed by atoms with E-state index >= 15 is 4.39 Å². The number of hydrogen-bond acceptors (Lipinski definition) is 6. The van der Waals surface area contributed by atoms with E-state index in [4.69, 9.17) is 10.2 Å². The number of H-pyrrole nitrogens is 2. The van der Waals surface area contributed by atoms with E-state index < -0.39 is 22.6 Å². The molecule has 2 unspecified atom stereocenters. The number of nitrogens with zero attached hydrogens (tertiary/aromatic N) is 2. The lowest BCUT2D eigenvalue weighted by Crippen LogP contribution is -2.36. The van der Waals surface area contributed by atoms with Crippen LogP contribution in [0.25, 0.3) is 10.9 Å². The van der Waals surface area contributed by atoms with Gasteiger partial charge in [-0.05, 0) is 50.3 Å². The number of rotatable bonds is 4. The van der Waals surface area contributed by atoms with Crippen LogP contribution in [0.2, 0.25) is 0 Å². The van der Waals surface area contributed by atoms with Crippen molar-refractivity contribution in [3.63, 3.8) is 0 Å². The topological polar surface area (TPSA) is 121 Å². The van der Waals surface area contributed by atoms with Crippen LogP contribution in [0, 0.1) is 18.7 Å². The normalized spacial score (nSPS) is 22.2. The summed E-state index contributed by atoms with van der Waals surface area (Å²) in [6, 6.07) is 1.01. The number of benzene rings is 1. The molecule has 0 amide bonds. The molecule has 1 saturated heterocycles. The number of aryl methyl sites for hydroxylation is 1. The second-order valence-corrected chi connectivity index (χ2v) is 8.15. The summed E-state index contributed by atoms with van der Waals surface area (Å²) in [5, 5.41) is 0.159. The molecule has 2 aromatic heterocycles. The Morgan fingerprint density at radius 2 is 2.17 bits per heavy atom. The van der Waals surface area contributed by atoms with Crippen molar-refractivity contribution >= 4 is 10.9 Å². The Morgan fingerprint density at radius 3 is 2.86 bits per heavy atom. The molecule has 4 N–H and O–H groups in total. The molecule has 0 spiro atoms. The third kappa shape index (κ3) is 2.76. The fourth-order valence-corrected chi connectivity index (χ4v) is 4.94. The molecule has 2 fully saturated rings. The van der Waals surface area contributed by atoms with Gasteiger partial charge in [-0.3, -0.25) is 14.7 Å². The number of likely N-dealkylation sites (tertiary alicyclic amines) is 1. The van der Waals surface area contributed by atoms with E-state index in [1.807, 2.05) is 0 Å². The molecule has 1 aliphatic heterocycles. The van der Waals surface area contributed by atoms with Crippen molar-refractivity contribution in [3.05, 3.63) is 62.2 Å². The van der Waals surface area contributed by atoms with E-state index in [-0.39, 0.29) is 17.3 Å². The number of nitrogens with two attached hydrogens (primary N) is 1. The molecule has 2 atom stereocenters. The Balaban J connectivity index is 1.52. The molecule has 5 rings (SSSR count). The standard InChI is InChI=1S/C20H22FN5O3/c1-10-15(13(21)6-12-17(10)24-19(28)25-18(12)27)20(3-4-20)26-5-2-11(7-26)16(22)14-8-29-9-23-14/h6,8-9,11,16H,2-5,7,22H2,1H3,(H2,24,25,27,28). The van der Waals surface area contributed by atoms with Crippen molar-refractivity contribution < 1.29 is 8.81 Å². The number of hydrogen-bond donors (Lipinski definition) is 3. The number of halogens is 1. The van der Waals surface area contributed by atoms with E-state index in [1.165, 1.54) is 12.5 Å². The fourth-order valence-electron chi connectivity index (χ4n) is 4.94. The Labute approximate surface area is 164 Å². The van der Waals surface area contributed by atoms with Gasteiger partial charge >= 0.3 is 5.69 Å². The summed E-state index contributed by atoms with van der Waals surface area (Å²) in [4.78, 5) is 35.1. The van der Waals surface area contributed by atoms with Crippen LogP contribution in [0.1, 0.15) is 42.1 Å². The average molecular weight is 399 g/mol. The van der Waals surface area contributed by atoms with Crippen LogP contribution in [0.5, 0.6) is 0 Å². The van der Waals surface area contributed by atoms with Crippen LogP contribution >= 0.6 is 0 Å². The molecular weight excluding hydrogens is 377 g/mol. The molecule has 152 valence electrons. The maximum atomic E-state index is 15.2. The van der Waals surface area contributed by atoms with E-state index in [0.717, 1.165) is 38.0 Å². The van der Waals surface area contributed by atoms with Crippen molar-refractivity contribution in [2.24, 2.45) is 11.7 Å². The SMILES string of the molecule is Cc1c(C2(N3CCC(C(N)c4cocn4)C3)CC2)c(F)cc2c(=O)[nH]c(=O)[nH]c12. The summed E-state index contributed by atoms with van der Waals surface area (Å²) in [7, 11) is 0. The second kappa shape index (κ2) is 6.36. The molecule has 0 radical (unpaired) electrons. The van der Waals surface area contributed by atoms with Crippen LogP contribution in [-0.2, 0) is 5.54 Å². The molecule has 8 nitrogen and oxygen atoms in total. The van der Waals surface area contributed by atoms with E-state index in [0.29, 0.717) is 16.6 Å². The largest absolute Gasteiger partial charge is 0.451 e. The van der Waals surface area contributed by atoms with Crippen LogP contribution in [0.3, 0.4) is 0 Å². The van der Waals surface area contributed by atoms with Crippen molar-refractivity contribution in [2.75, 3.05) is 13.1 Å². The Kier molecular flexibility index (Phi) is 4.01. The minimum Gasteiger partial charge on any atom is -0.451 e. The third-order valence-corrected chi connectivity index (χ3v) is 6.56. The van der Waals surface area contributed by atoms with E-state index in [2.05, 4.69) is 19.9 Å². The smallest absolute Gasteiger partial charge is 0.326 e. The maximum absolute atomic E-state index is 15.2. The van der Waals surface area contributed by atoms with Gasteiger partial charge in [-0.2, -0.15) is 0 Å². The van der Waals surface area contributed by atoms with Crippen LogP contribution in [0.15, 0.2) is 32.7 Å². The summed E-state index contributed by atoms with van der Waals surface area (Å²) in [6.45, 7) is 3.31. The van der Waals surface area contributed by atoms with Gasteiger partial charge in [0.25, 0.3) is 5.56 Å². The Bertz CT molecular complexity index is 1200. The first-order valence-corrected chi connectivity index (χ1v) is 9.75. The van der Waals surface area contributed by atoms with Crippen LogP contribution < -0.4 is 17.0 Å². The zero-order chi connectivity index (χ0) is 20.3. The number of oxazole rings is 1. The molecule has 1 aliphatic carbocycles. The van der Waals surface area contributed by atoms with Crippen molar-refractivity contribution in [1.82, 2.24) is 19.9 Å². The highest BCUT2D eigenvalue weighted by Gasteiger charge is 2.54. The molecule has 9 heteroatoms. The van der Waals surface area contributed by atoms with Gasteiger partial charge < -0.3 is 15.1 Å². The monoisotopic (exact) mass is 399 g/mol. The number of fused-ring (bicyclic) bond motifs is 1. The number of aromatic nitrogens is 3. The summed E-state index contributed by atoms with van der Waals surface area (Å²) >= 11 is 0. The molecule has 3 heterocycles. The lowest BCUT2D eigenvalue weighted by molar-refractivity contribution is 0.204. The summed E-state index contributed by atoms with van der Waals surface area (Å²) < 4.78 is 20.3. The molecule has 29 heavy (non-hydrogen) atoms. The number of nitrogens with one attached hydrogen (secondary N) is 2. The van der Waals surface area contributed by atoms with Crippen molar-refractivity contribution in [3.8, 4) is 0 Å². The summed E-state index contributed by atoms with van der Waals surface area (Å²) in [5.41, 5.74) is 7.10. The quantitative estimate of drug-likeness (QED) is 0.614. The van der Waals surface area contributed by atoms with Gasteiger partial charge in [0.15, 0.2) is 6.39 Å². The van der Waals surface area contributed by atoms with Crippen LogP contribution in [0.4, 0.5) is 4.39 Å². The average Bonchev–Trinajstić information content (AvgIpc) is 3.12. The minimum atomic E-state index is -0.590.